The van der Waals surface area contributed by atoms with Crippen LogP contribution < -0.4 is 4.72 Å². The summed E-state index contributed by atoms with van der Waals surface area (Å²) in [4.78, 5) is 2.51. The lowest BCUT2D eigenvalue weighted by Gasteiger charge is -2.38. The molecule has 0 radical (unpaired) electrons. The number of rotatable bonds is 4. The third-order valence-corrected chi connectivity index (χ3v) is 7.16. The van der Waals surface area contributed by atoms with Crippen LogP contribution in [0.3, 0.4) is 0 Å². The van der Waals surface area contributed by atoms with Crippen molar-refractivity contribution in [1.29, 1.82) is 0 Å². The lowest BCUT2D eigenvalue weighted by molar-refractivity contribution is 0.132. The molecule has 2 aromatic rings. The van der Waals surface area contributed by atoms with Crippen LogP contribution in [-0.4, -0.2) is 38.5 Å². The zero-order chi connectivity index (χ0) is 18.0. The summed E-state index contributed by atoms with van der Waals surface area (Å²) in [5, 5.41) is 0.835. The van der Waals surface area contributed by atoms with Gasteiger partial charge < -0.3 is 4.42 Å². The van der Waals surface area contributed by atoms with E-state index in [-0.39, 0.29) is 11.1 Å². The number of nitrogens with zero attached hydrogens (tertiary/aromatic N) is 1. The lowest BCUT2D eigenvalue weighted by Crippen LogP contribution is -2.50. The molecule has 0 unspecified atom stereocenters. The topological polar surface area (TPSA) is 62.6 Å². The van der Waals surface area contributed by atoms with Crippen LogP contribution in [0.15, 0.2) is 39.8 Å². The fourth-order valence-electron chi connectivity index (χ4n) is 4.42. The molecule has 1 saturated heterocycles. The minimum atomic E-state index is -3.63. The summed E-state index contributed by atoms with van der Waals surface area (Å²) in [7, 11) is -3.63. The maximum absolute atomic E-state index is 12.8. The standard InChI is InChI=1S/C20H28N2O3S/c23-26(24,20-14-16-8-5-6-12-19(16)25-20)21-17-9-7-13-22(15-17)18-10-3-1-2-4-11-18/h5-6,8,12,14,17-18,21H,1-4,7,9-11,13,15H2/t17-/m0/s1. The average molecular weight is 377 g/mol. The van der Waals surface area contributed by atoms with E-state index in [0.29, 0.717) is 11.6 Å². The molecule has 1 aromatic heterocycles. The monoisotopic (exact) mass is 376 g/mol. The largest absolute Gasteiger partial charge is 0.443 e. The maximum atomic E-state index is 12.8. The quantitative estimate of drug-likeness (QED) is 0.822. The van der Waals surface area contributed by atoms with Crippen molar-refractivity contribution in [2.24, 2.45) is 0 Å². The molecular weight excluding hydrogens is 348 g/mol. The molecule has 26 heavy (non-hydrogen) atoms. The number of piperidine rings is 1. The highest BCUT2D eigenvalue weighted by atomic mass is 32.2. The number of nitrogens with one attached hydrogen (secondary N) is 1. The van der Waals surface area contributed by atoms with Gasteiger partial charge in [-0.15, -0.1) is 0 Å². The second-order valence-corrected chi connectivity index (χ2v) is 9.35. The zero-order valence-corrected chi connectivity index (χ0v) is 16.0. The van der Waals surface area contributed by atoms with Gasteiger partial charge in [0, 0.05) is 30.1 Å². The molecule has 1 saturated carbocycles. The Morgan fingerprint density at radius 3 is 2.54 bits per heavy atom. The van der Waals surface area contributed by atoms with Crippen molar-refractivity contribution in [1.82, 2.24) is 9.62 Å². The van der Waals surface area contributed by atoms with Gasteiger partial charge in [-0.1, -0.05) is 43.9 Å². The van der Waals surface area contributed by atoms with Crippen LogP contribution in [0.2, 0.25) is 0 Å². The number of sulfonamides is 1. The van der Waals surface area contributed by atoms with E-state index in [1.54, 1.807) is 12.1 Å². The fourth-order valence-corrected chi connectivity index (χ4v) is 5.65. The molecule has 2 fully saturated rings. The van der Waals surface area contributed by atoms with Gasteiger partial charge >= 0.3 is 0 Å². The van der Waals surface area contributed by atoms with E-state index in [2.05, 4.69) is 9.62 Å². The van der Waals surface area contributed by atoms with Gasteiger partial charge in [0.1, 0.15) is 5.58 Å². The van der Waals surface area contributed by atoms with Gasteiger partial charge in [0.05, 0.1) is 0 Å². The molecule has 1 aliphatic heterocycles. The predicted octanol–water partition coefficient (Wildman–Crippen LogP) is 3.90. The van der Waals surface area contributed by atoms with Crippen LogP contribution >= 0.6 is 0 Å². The number of fused-ring (bicyclic) bond motifs is 1. The van der Waals surface area contributed by atoms with Crippen molar-refractivity contribution < 1.29 is 12.8 Å². The number of likely N-dealkylation sites (tertiary alicyclic amines) is 1. The van der Waals surface area contributed by atoms with Crippen molar-refractivity contribution in [2.75, 3.05) is 13.1 Å². The van der Waals surface area contributed by atoms with Crippen molar-refractivity contribution in [3.8, 4) is 0 Å². The summed E-state index contributed by atoms with van der Waals surface area (Å²) in [6, 6.07) is 9.59. The first-order valence-corrected chi connectivity index (χ1v) is 11.4. The van der Waals surface area contributed by atoms with Crippen molar-refractivity contribution in [3.63, 3.8) is 0 Å². The summed E-state index contributed by atoms with van der Waals surface area (Å²) in [6.45, 7) is 1.90. The van der Waals surface area contributed by atoms with Gasteiger partial charge in [-0.3, -0.25) is 4.90 Å². The Kier molecular flexibility index (Phi) is 5.34. The van der Waals surface area contributed by atoms with Crippen LogP contribution in [-0.2, 0) is 10.0 Å². The van der Waals surface area contributed by atoms with E-state index < -0.39 is 10.0 Å². The first-order chi connectivity index (χ1) is 12.6. The Balaban J connectivity index is 1.45. The molecule has 4 rings (SSSR count). The van der Waals surface area contributed by atoms with Crippen LogP contribution in [0.5, 0.6) is 0 Å². The van der Waals surface area contributed by atoms with Gasteiger partial charge in [-0.25, -0.2) is 13.1 Å². The normalized spacial score (nSPS) is 23.9. The highest BCUT2D eigenvalue weighted by Gasteiger charge is 2.30. The average Bonchev–Trinajstić information content (AvgIpc) is 2.90. The van der Waals surface area contributed by atoms with E-state index in [9.17, 15) is 8.42 Å². The summed E-state index contributed by atoms with van der Waals surface area (Å²) < 4.78 is 34.0. The Hall–Kier alpha value is -1.37. The molecule has 1 aliphatic carbocycles. The molecular formula is C20H28N2O3S. The van der Waals surface area contributed by atoms with E-state index in [1.807, 2.05) is 18.2 Å². The summed E-state index contributed by atoms with van der Waals surface area (Å²) in [5.41, 5.74) is 0.608. The van der Waals surface area contributed by atoms with Gasteiger partial charge in [0.15, 0.2) is 0 Å². The molecule has 6 heteroatoms. The first-order valence-electron chi connectivity index (χ1n) is 9.87. The Bertz CT molecular complexity index is 805. The number of hydrogen-bond donors (Lipinski definition) is 1. The molecule has 1 aromatic carbocycles. The smallest absolute Gasteiger partial charge is 0.274 e. The number of furan rings is 1. The molecule has 2 aliphatic rings. The Morgan fingerprint density at radius 2 is 1.77 bits per heavy atom. The van der Waals surface area contributed by atoms with Crippen molar-refractivity contribution >= 4 is 21.0 Å². The zero-order valence-electron chi connectivity index (χ0n) is 15.2. The Labute approximate surface area is 155 Å². The SMILES string of the molecule is O=S(=O)(N[C@H]1CCCN(C2CCCCCC2)C1)c1cc2ccccc2o1. The third-order valence-electron chi connectivity index (χ3n) is 5.78. The van der Waals surface area contributed by atoms with Crippen molar-refractivity contribution in [3.05, 3.63) is 30.3 Å². The Morgan fingerprint density at radius 1 is 1.00 bits per heavy atom. The molecule has 5 nitrogen and oxygen atoms in total. The van der Waals surface area contributed by atoms with Crippen molar-refractivity contribution in [2.45, 2.75) is 68.5 Å². The summed E-state index contributed by atoms with van der Waals surface area (Å²) >= 11 is 0. The van der Waals surface area contributed by atoms with Gasteiger partial charge in [-0.05, 0) is 38.3 Å². The van der Waals surface area contributed by atoms with Gasteiger partial charge in [0.25, 0.3) is 10.0 Å². The van der Waals surface area contributed by atoms with Crippen LogP contribution in [0.4, 0.5) is 0 Å². The highest BCUT2D eigenvalue weighted by molar-refractivity contribution is 7.89. The second kappa shape index (κ2) is 7.71. The fraction of sp³-hybridized carbons (Fsp3) is 0.600. The number of hydrogen-bond acceptors (Lipinski definition) is 4. The predicted molar refractivity (Wildman–Crippen MR) is 103 cm³/mol. The second-order valence-electron chi connectivity index (χ2n) is 7.70. The molecule has 1 N–H and O–H groups in total. The van der Waals surface area contributed by atoms with E-state index in [0.717, 1.165) is 31.3 Å². The lowest BCUT2D eigenvalue weighted by atomic mass is 10.0. The van der Waals surface area contributed by atoms with Crippen LogP contribution in [0.1, 0.15) is 51.4 Å². The van der Waals surface area contributed by atoms with Crippen LogP contribution in [0, 0.1) is 0 Å². The van der Waals surface area contributed by atoms with E-state index in [1.165, 1.54) is 38.5 Å². The van der Waals surface area contributed by atoms with Gasteiger partial charge in [-0.2, -0.15) is 0 Å². The maximum Gasteiger partial charge on any atom is 0.274 e. The first kappa shape index (κ1) is 18.0. The number of benzene rings is 1. The molecule has 0 amide bonds. The third kappa shape index (κ3) is 3.97. The van der Waals surface area contributed by atoms with E-state index >= 15 is 0 Å². The summed E-state index contributed by atoms with van der Waals surface area (Å²) in [5.74, 6) is 0. The molecule has 142 valence electrons. The van der Waals surface area contributed by atoms with E-state index in [4.69, 9.17) is 4.42 Å². The summed E-state index contributed by atoms with van der Waals surface area (Å²) in [6.07, 6.45) is 9.73. The molecule has 0 bridgehead atoms. The van der Waals surface area contributed by atoms with Gasteiger partial charge in [0.2, 0.25) is 5.09 Å². The number of para-hydroxylation sites is 1. The minimum absolute atomic E-state index is 0.0188. The minimum Gasteiger partial charge on any atom is -0.443 e. The molecule has 0 spiro atoms. The highest BCUT2D eigenvalue weighted by Crippen LogP contribution is 2.26. The molecule has 2 heterocycles. The van der Waals surface area contributed by atoms with Crippen LogP contribution in [0.25, 0.3) is 11.0 Å². The molecule has 1 atom stereocenters.